The molecule has 0 unspecified atom stereocenters. The number of nitrogen functional groups attached to an aromatic ring is 1. The van der Waals surface area contributed by atoms with Crippen LogP contribution < -0.4 is 5.73 Å². The van der Waals surface area contributed by atoms with E-state index in [9.17, 15) is 8.42 Å². The number of halogens is 1. The van der Waals surface area contributed by atoms with E-state index in [1.165, 1.54) is 6.07 Å². The maximum atomic E-state index is 11.3. The summed E-state index contributed by atoms with van der Waals surface area (Å²) in [6.07, 6.45) is 0. The van der Waals surface area contributed by atoms with Crippen molar-refractivity contribution in [3.63, 3.8) is 0 Å². The molecule has 0 heterocycles. The Morgan fingerprint density at radius 3 is 2.27 bits per heavy atom. The first kappa shape index (κ1) is 10.3. The Morgan fingerprint density at radius 1 is 1.00 bits per heavy atom. The second-order valence-electron chi connectivity index (χ2n) is 3.14. The highest BCUT2D eigenvalue weighted by Crippen LogP contribution is 2.28. The highest BCUT2D eigenvalue weighted by molar-refractivity contribution is 8.14. The van der Waals surface area contributed by atoms with Gasteiger partial charge in [-0.2, -0.15) is 0 Å². The monoisotopic (exact) mass is 241 g/mol. The molecule has 0 aromatic heterocycles. The van der Waals surface area contributed by atoms with Gasteiger partial charge < -0.3 is 5.73 Å². The van der Waals surface area contributed by atoms with Crippen LogP contribution in [-0.2, 0) is 9.05 Å². The fourth-order valence-electron chi connectivity index (χ4n) is 1.52. The maximum absolute atomic E-state index is 11.3. The van der Waals surface area contributed by atoms with Gasteiger partial charge in [0.2, 0.25) is 0 Å². The molecule has 3 nitrogen and oxygen atoms in total. The molecule has 0 aliphatic carbocycles. The molecule has 2 aromatic rings. The van der Waals surface area contributed by atoms with Gasteiger partial charge in [0, 0.05) is 27.1 Å². The normalized spacial score (nSPS) is 11.8. The third-order valence-electron chi connectivity index (χ3n) is 2.18. The molecule has 0 aliphatic heterocycles. The first-order chi connectivity index (χ1) is 7.00. The van der Waals surface area contributed by atoms with Crippen LogP contribution in [0.25, 0.3) is 10.8 Å². The van der Waals surface area contributed by atoms with Gasteiger partial charge >= 0.3 is 0 Å². The third-order valence-corrected chi connectivity index (χ3v) is 3.56. The zero-order chi connectivity index (χ0) is 11.1. The zero-order valence-corrected chi connectivity index (χ0v) is 9.22. The standard InChI is InChI=1S/C10H8ClNO2S/c11-15(13,14)10-6-2-3-7-8(10)4-1-5-9(7)12/h1-6H,12H2. The van der Waals surface area contributed by atoms with Gasteiger partial charge in [-0.05, 0) is 12.1 Å². The molecule has 2 rings (SSSR count). The van der Waals surface area contributed by atoms with E-state index in [2.05, 4.69) is 0 Å². The summed E-state index contributed by atoms with van der Waals surface area (Å²) in [6, 6.07) is 9.94. The van der Waals surface area contributed by atoms with Crippen molar-refractivity contribution < 1.29 is 8.42 Å². The number of hydrogen-bond donors (Lipinski definition) is 1. The van der Waals surface area contributed by atoms with Crippen LogP contribution >= 0.6 is 10.7 Å². The lowest BCUT2D eigenvalue weighted by atomic mass is 10.1. The van der Waals surface area contributed by atoms with E-state index in [0.29, 0.717) is 16.5 Å². The summed E-state index contributed by atoms with van der Waals surface area (Å²) in [4.78, 5) is 0.0916. The molecule has 5 heteroatoms. The summed E-state index contributed by atoms with van der Waals surface area (Å²) in [5.41, 5.74) is 6.27. The zero-order valence-electron chi connectivity index (χ0n) is 7.64. The van der Waals surface area contributed by atoms with E-state index in [0.717, 1.165) is 0 Å². The largest absolute Gasteiger partial charge is 0.398 e. The van der Waals surface area contributed by atoms with E-state index in [1.54, 1.807) is 30.3 Å². The van der Waals surface area contributed by atoms with E-state index in [4.69, 9.17) is 16.4 Å². The van der Waals surface area contributed by atoms with Crippen molar-refractivity contribution in [2.24, 2.45) is 0 Å². The minimum atomic E-state index is -3.73. The summed E-state index contributed by atoms with van der Waals surface area (Å²) >= 11 is 0. The van der Waals surface area contributed by atoms with Crippen LogP contribution in [0, 0.1) is 0 Å². The summed E-state index contributed by atoms with van der Waals surface area (Å²) in [5, 5.41) is 1.24. The number of hydrogen-bond acceptors (Lipinski definition) is 3. The summed E-state index contributed by atoms with van der Waals surface area (Å²) in [5.74, 6) is 0. The minimum Gasteiger partial charge on any atom is -0.398 e. The number of nitrogens with two attached hydrogens (primary N) is 1. The van der Waals surface area contributed by atoms with Crippen molar-refractivity contribution in [1.29, 1.82) is 0 Å². The second-order valence-corrected chi connectivity index (χ2v) is 5.67. The third kappa shape index (κ3) is 1.78. The predicted octanol–water partition coefficient (Wildman–Crippen LogP) is 2.35. The topological polar surface area (TPSA) is 60.2 Å². The lowest BCUT2D eigenvalue weighted by molar-refractivity contribution is 0.610. The highest BCUT2D eigenvalue weighted by atomic mass is 35.7. The van der Waals surface area contributed by atoms with Gasteiger partial charge in [0.25, 0.3) is 9.05 Å². The molecule has 2 aromatic carbocycles. The molecule has 0 bridgehead atoms. The summed E-state index contributed by atoms with van der Waals surface area (Å²) in [7, 11) is 1.59. The molecule has 0 amide bonds. The molecule has 2 N–H and O–H groups in total. The SMILES string of the molecule is Nc1cccc2c(S(=O)(=O)Cl)cccc12. The van der Waals surface area contributed by atoms with Gasteiger partial charge in [0.15, 0.2) is 0 Å². The lowest BCUT2D eigenvalue weighted by Crippen LogP contribution is -1.94. The van der Waals surface area contributed by atoms with Gasteiger partial charge in [-0.25, -0.2) is 8.42 Å². The molecular weight excluding hydrogens is 234 g/mol. The van der Waals surface area contributed by atoms with Gasteiger partial charge in [-0.3, -0.25) is 0 Å². The summed E-state index contributed by atoms with van der Waals surface area (Å²) in [6.45, 7) is 0. The Hall–Kier alpha value is -1.26. The Bertz CT molecular complexity index is 622. The molecule has 78 valence electrons. The van der Waals surface area contributed by atoms with E-state index >= 15 is 0 Å². The van der Waals surface area contributed by atoms with Crippen LogP contribution in [0.3, 0.4) is 0 Å². The first-order valence-corrected chi connectivity index (χ1v) is 6.53. The molecule has 0 saturated heterocycles. The van der Waals surface area contributed by atoms with Gasteiger partial charge in [-0.15, -0.1) is 0 Å². The van der Waals surface area contributed by atoms with Gasteiger partial charge in [0.05, 0.1) is 4.90 Å². The fourth-order valence-corrected chi connectivity index (χ4v) is 2.60. The number of fused-ring (bicyclic) bond motifs is 1. The molecule has 0 atom stereocenters. The number of benzene rings is 2. The number of rotatable bonds is 1. The second kappa shape index (κ2) is 3.40. The Balaban J connectivity index is 2.96. The van der Waals surface area contributed by atoms with E-state index in [-0.39, 0.29) is 4.90 Å². The molecule has 0 spiro atoms. The first-order valence-electron chi connectivity index (χ1n) is 4.22. The van der Waals surface area contributed by atoms with Crippen LogP contribution in [0.15, 0.2) is 41.3 Å². The van der Waals surface area contributed by atoms with Crippen molar-refractivity contribution in [3.05, 3.63) is 36.4 Å². The van der Waals surface area contributed by atoms with Crippen LogP contribution in [-0.4, -0.2) is 8.42 Å². The Morgan fingerprint density at radius 2 is 1.60 bits per heavy atom. The smallest absolute Gasteiger partial charge is 0.261 e. The molecule has 0 aliphatic rings. The quantitative estimate of drug-likeness (QED) is 0.616. The van der Waals surface area contributed by atoms with Gasteiger partial charge in [0.1, 0.15) is 0 Å². The maximum Gasteiger partial charge on any atom is 0.261 e. The highest BCUT2D eigenvalue weighted by Gasteiger charge is 2.13. The molecule has 0 fully saturated rings. The minimum absolute atomic E-state index is 0.0916. The van der Waals surface area contributed by atoms with Crippen molar-refractivity contribution in [2.45, 2.75) is 4.90 Å². The van der Waals surface area contributed by atoms with E-state index in [1.807, 2.05) is 0 Å². The molecule has 0 radical (unpaired) electrons. The lowest BCUT2D eigenvalue weighted by Gasteiger charge is -2.04. The number of anilines is 1. The summed E-state index contributed by atoms with van der Waals surface area (Å²) < 4.78 is 22.6. The van der Waals surface area contributed by atoms with Crippen LogP contribution in [0.4, 0.5) is 5.69 Å². The molecule has 15 heavy (non-hydrogen) atoms. The average molecular weight is 242 g/mol. The van der Waals surface area contributed by atoms with Crippen molar-refractivity contribution in [3.8, 4) is 0 Å². The van der Waals surface area contributed by atoms with Crippen molar-refractivity contribution in [1.82, 2.24) is 0 Å². The van der Waals surface area contributed by atoms with Crippen molar-refractivity contribution >= 4 is 36.2 Å². The average Bonchev–Trinajstić information content (AvgIpc) is 2.16. The van der Waals surface area contributed by atoms with Crippen molar-refractivity contribution in [2.75, 3.05) is 5.73 Å². The van der Waals surface area contributed by atoms with Crippen LogP contribution in [0.1, 0.15) is 0 Å². The fraction of sp³-hybridized carbons (Fsp3) is 0. The Kier molecular flexibility index (Phi) is 2.32. The van der Waals surface area contributed by atoms with Crippen LogP contribution in [0.5, 0.6) is 0 Å². The van der Waals surface area contributed by atoms with Gasteiger partial charge in [-0.1, -0.05) is 24.3 Å². The molecule has 0 saturated carbocycles. The predicted molar refractivity (Wildman–Crippen MR) is 61.4 cm³/mol. The van der Waals surface area contributed by atoms with E-state index < -0.39 is 9.05 Å². The van der Waals surface area contributed by atoms with Crippen LogP contribution in [0.2, 0.25) is 0 Å². The Labute approximate surface area is 91.9 Å². The molecular formula is C10H8ClNO2S.